The summed E-state index contributed by atoms with van der Waals surface area (Å²) in [6, 6.07) is 3.71. The molecular formula is C10H11N3OS. The third-order valence-electron chi connectivity index (χ3n) is 2.71. The predicted octanol–water partition coefficient (Wildman–Crippen LogP) is 1.44. The lowest BCUT2D eigenvalue weighted by molar-refractivity contribution is -0.123. The van der Waals surface area contributed by atoms with E-state index < -0.39 is 5.54 Å². The van der Waals surface area contributed by atoms with Gasteiger partial charge in [0.2, 0.25) is 5.91 Å². The van der Waals surface area contributed by atoms with E-state index in [1.54, 1.807) is 11.4 Å². The molecule has 0 unspecified atom stereocenters. The summed E-state index contributed by atoms with van der Waals surface area (Å²) in [5, 5.41) is 13.9. The van der Waals surface area contributed by atoms with Crippen molar-refractivity contribution in [3.8, 4) is 6.07 Å². The first-order chi connectivity index (χ1) is 7.15. The van der Waals surface area contributed by atoms with Crippen LogP contribution in [0.1, 0.15) is 24.8 Å². The highest BCUT2D eigenvalue weighted by molar-refractivity contribution is 7.14. The summed E-state index contributed by atoms with van der Waals surface area (Å²) in [4.78, 5) is 11.7. The van der Waals surface area contributed by atoms with Crippen LogP contribution >= 0.6 is 11.3 Å². The van der Waals surface area contributed by atoms with Crippen LogP contribution in [0.3, 0.4) is 0 Å². The van der Waals surface area contributed by atoms with Gasteiger partial charge in [0.05, 0.1) is 11.1 Å². The second-order valence-electron chi connectivity index (χ2n) is 3.74. The maximum atomic E-state index is 11.7. The van der Waals surface area contributed by atoms with E-state index in [1.165, 1.54) is 11.3 Å². The monoisotopic (exact) mass is 221 g/mol. The molecule has 4 nitrogen and oxygen atoms in total. The average Bonchev–Trinajstić information content (AvgIpc) is 2.61. The van der Waals surface area contributed by atoms with Crippen molar-refractivity contribution in [1.29, 1.82) is 5.26 Å². The van der Waals surface area contributed by atoms with Gasteiger partial charge < -0.3 is 11.1 Å². The van der Waals surface area contributed by atoms with Gasteiger partial charge in [-0.05, 0) is 30.7 Å². The Kier molecular flexibility index (Phi) is 2.47. The zero-order chi connectivity index (χ0) is 10.9. The van der Waals surface area contributed by atoms with Crippen molar-refractivity contribution < 1.29 is 4.79 Å². The molecule has 1 aromatic heterocycles. The second kappa shape index (κ2) is 3.65. The molecule has 2 rings (SSSR count). The van der Waals surface area contributed by atoms with Gasteiger partial charge in [0.25, 0.3) is 0 Å². The maximum absolute atomic E-state index is 11.7. The molecule has 3 N–H and O–H groups in total. The number of nitrogens with one attached hydrogen (secondary N) is 1. The van der Waals surface area contributed by atoms with Crippen LogP contribution in [-0.2, 0) is 4.79 Å². The van der Waals surface area contributed by atoms with Crippen molar-refractivity contribution in [3.05, 3.63) is 17.0 Å². The lowest BCUT2D eigenvalue weighted by Gasteiger charge is -2.35. The molecule has 1 aliphatic carbocycles. The second-order valence-corrected chi connectivity index (χ2v) is 4.66. The number of rotatable bonds is 2. The van der Waals surface area contributed by atoms with E-state index in [0.29, 0.717) is 10.6 Å². The van der Waals surface area contributed by atoms with Crippen LogP contribution in [0.4, 0.5) is 5.00 Å². The lowest BCUT2D eigenvalue weighted by Crippen LogP contribution is -2.56. The van der Waals surface area contributed by atoms with E-state index in [0.717, 1.165) is 19.3 Å². The quantitative estimate of drug-likeness (QED) is 0.793. The molecule has 1 fully saturated rings. The Morgan fingerprint density at radius 2 is 2.40 bits per heavy atom. The summed E-state index contributed by atoms with van der Waals surface area (Å²) < 4.78 is 0. The molecule has 0 aliphatic heterocycles. The van der Waals surface area contributed by atoms with Crippen molar-refractivity contribution in [2.75, 3.05) is 5.32 Å². The standard InChI is InChI=1S/C10H11N3OS/c11-6-7-2-5-15-8(7)13-9(14)10(12)3-1-4-10/h2,5H,1,3-4,12H2,(H,13,14). The molecule has 15 heavy (non-hydrogen) atoms. The Hall–Kier alpha value is -1.38. The molecular weight excluding hydrogens is 210 g/mol. The van der Waals surface area contributed by atoms with Gasteiger partial charge in [-0.1, -0.05) is 0 Å². The summed E-state index contributed by atoms with van der Waals surface area (Å²) in [6.07, 6.45) is 2.46. The first-order valence-corrected chi connectivity index (χ1v) is 5.62. The minimum atomic E-state index is -0.712. The van der Waals surface area contributed by atoms with Crippen LogP contribution in [0.15, 0.2) is 11.4 Å². The van der Waals surface area contributed by atoms with Gasteiger partial charge in [-0.15, -0.1) is 11.3 Å². The molecule has 5 heteroatoms. The molecule has 0 spiro atoms. The molecule has 0 bridgehead atoms. The molecule has 78 valence electrons. The molecule has 0 radical (unpaired) electrons. The van der Waals surface area contributed by atoms with Crippen LogP contribution < -0.4 is 11.1 Å². The van der Waals surface area contributed by atoms with Crippen LogP contribution in [0.2, 0.25) is 0 Å². The van der Waals surface area contributed by atoms with E-state index in [4.69, 9.17) is 11.0 Å². The molecule has 0 atom stereocenters. The van der Waals surface area contributed by atoms with Gasteiger partial charge in [-0.3, -0.25) is 4.79 Å². The van der Waals surface area contributed by atoms with E-state index in [9.17, 15) is 4.79 Å². The molecule has 0 saturated heterocycles. The number of nitriles is 1. The zero-order valence-corrected chi connectivity index (χ0v) is 8.93. The molecule has 1 aromatic rings. The third kappa shape index (κ3) is 1.74. The maximum Gasteiger partial charge on any atom is 0.245 e. The smallest absolute Gasteiger partial charge is 0.245 e. The van der Waals surface area contributed by atoms with E-state index in [1.807, 2.05) is 6.07 Å². The number of hydrogen-bond donors (Lipinski definition) is 2. The lowest BCUT2D eigenvalue weighted by atomic mass is 9.77. The topological polar surface area (TPSA) is 78.9 Å². The van der Waals surface area contributed by atoms with Crippen molar-refractivity contribution >= 4 is 22.2 Å². The van der Waals surface area contributed by atoms with Crippen LogP contribution in [0.25, 0.3) is 0 Å². The van der Waals surface area contributed by atoms with Gasteiger partial charge in [-0.2, -0.15) is 5.26 Å². The van der Waals surface area contributed by atoms with E-state index in [2.05, 4.69) is 5.32 Å². The fraction of sp³-hybridized carbons (Fsp3) is 0.400. The predicted molar refractivity (Wildman–Crippen MR) is 58.4 cm³/mol. The SMILES string of the molecule is N#Cc1ccsc1NC(=O)C1(N)CCC1. The largest absolute Gasteiger partial charge is 0.317 e. The summed E-state index contributed by atoms with van der Waals surface area (Å²) in [5.41, 5.74) is 5.65. The number of hydrogen-bond acceptors (Lipinski definition) is 4. The van der Waals surface area contributed by atoms with Crippen LogP contribution in [0.5, 0.6) is 0 Å². The number of amides is 1. The van der Waals surface area contributed by atoms with Crippen molar-refractivity contribution in [2.24, 2.45) is 5.73 Å². The van der Waals surface area contributed by atoms with Crippen molar-refractivity contribution in [2.45, 2.75) is 24.8 Å². The zero-order valence-electron chi connectivity index (χ0n) is 8.12. The molecule has 1 heterocycles. The van der Waals surface area contributed by atoms with Crippen LogP contribution in [0, 0.1) is 11.3 Å². The number of nitrogens with two attached hydrogens (primary N) is 1. The number of carbonyl (C=O) groups is 1. The molecule has 1 amide bonds. The fourth-order valence-corrected chi connectivity index (χ4v) is 2.24. The Morgan fingerprint density at radius 1 is 1.67 bits per heavy atom. The summed E-state index contributed by atoms with van der Waals surface area (Å²) >= 11 is 1.34. The highest BCUT2D eigenvalue weighted by atomic mass is 32.1. The van der Waals surface area contributed by atoms with Gasteiger partial charge in [0.1, 0.15) is 11.1 Å². The molecule has 1 aliphatic rings. The Bertz CT molecular complexity index is 428. The summed E-state index contributed by atoms with van der Waals surface area (Å²) in [5.74, 6) is -0.173. The van der Waals surface area contributed by atoms with Gasteiger partial charge in [0.15, 0.2) is 0 Å². The van der Waals surface area contributed by atoms with Crippen LogP contribution in [-0.4, -0.2) is 11.4 Å². The summed E-state index contributed by atoms with van der Waals surface area (Å²) in [7, 11) is 0. The normalized spacial score (nSPS) is 17.6. The van der Waals surface area contributed by atoms with Gasteiger partial charge >= 0.3 is 0 Å². The number of carbonyl (C=O) groups excluding carboxylic acids is 1. The minimum absolute atomic E-state index is 0.173. The van der Waals surface area contributed by atoms with Gasteiger partial charge in [-0.25, -0.2) is 0 Å². The Morgan fingerprint density at radius 3 is 2.93 bits per heavy atom. The Labute approximate surface area is 91.7 Å². The first-order valence-electron chi connectivity index (χ1n) is 4.74. The van der Waals surface area contributed by atoms with Crippen molar-refractivity contribution in [3.63, 3.8) is 0 Å². The molecule has 1 saturated carbocycles. The molecule has 0 aromatic carbocycles. The highest BCUT2D eigenvalue weighted by Gasteiger charge is 2.40. The average molecular weight is 221 g/mol. The summed E-state index contributed by atoms with van der Waals surface area (Å²) in [6.45, 7) is 0. The van der Waals surface area contributed by atoms with Crippen molar-refractivity contribution in [1.82, 2.24) is 0 Å². The highest BCUT2D eigenvalue weighted by Crippen LogP contribution is 2.31. The number of nitrogens with zero attached hydrogens (tertiary/aromatic N) is 1. The first kappa shape index (κ1) is 10.1. The Balaban J connectivity index is 2.10. The van der Waals surface area contributed by atoms with E-state index >= 15 is 0 Å². The fourth-order valence-electron chi connectivity index (χ4n) is 1.51. The number of thiophene rings is 1. The van der Waals surface area contributed by atoms with E-state index in [-0.39, 0.29) is 5.91 Å². The van der Waals surface area contributed by atoms with Gasteiger partial charge in [0, 0.05) is 0 Å². The third-order valence-corrected chi connectivity index (χ3v) is 3.54. The minimum Gasteiger partial charge on any atom is -0.317 e. The number of anilines is 1.